The summed E-state index contributed by atoms with van der Waals surface area (Å²) < 4.78 is 1.57. The zero-order valence-electron chi connectivity index (χ0n) is 9.79. The Balaban J connectivity index is 2.34. The van der Waals surface area contributed by atoms with Gasteiger partial charge >= 0.3 is 6.09 Å². The predicted octanol–water partition coefficient (Wildman–Crippen LogP) is 0.980. The van der Waals surface area contributed by atoms with Crippen LogP contribution in [0.3, 0.4) is 0 Å². The van der Waals surface area contributed by atoms with E-state index < -0.39 is 6.09 Å². The fourth-order valence-corrected chi connectivity index (χ4v) is 1.85. The van der Waals surface area contributed by atoms with Crippen LogP contribution in [0.1, 0.15) is 6.92 Å². The zero-order chi connectivity index (χ0) is 13.3. The molecule has 5 N–H and O–H groups in total. The van der Waals surface area contributed by atoms with Gasteiger partial charge in [0, 0.05) is 11.4 Å². The van der Waals surface area contributed by atoms with Crippen molar-refractivity contribution >= 4 is 22.7 Å². The molecule has 7 heteroatoms. The molecule has 2 aromatic rings. The molecular formula is C11H14N4O3. The summed E-state index contributed by atoms with van der Waals surface area (Å²) >= 11 is 0. The van der Waals surface area contributed by atoms with Crippen LogP contribution < -0.4 is 11.1 Å². The first-order chi connectivity index (χ1) is 8.49. The van der Waals surface area contributed by atoms with E-state index in [1.807, 2.05) is 0 Å². The van der Waals surface area contributed by atoms with Crippen LogP contribution in [-0.4, -0.2) is 32.1 Å². The number of hydrogen-bond acceptors (Lipinski definition) is 4. The molecule has 0 saturated carbocycles. The van der Waals surface area contributed by atoms with Gasteiger partial charge in [-0.2, -0.15) is 5.10 Å². The predicted molar refractivity (Wildman–Crippen MR) is 66.4 cm³/mol. The van der Waals surface area contributed by atoms with E-state index in [9.17, 15) is 9.90 Å². The number of rotatable bonds is 3. The number of carboxylic acid groups (broad SMARTS) is 1. The van der Waals surface area contributed by atoms with Crippen LogP contribution in [0.15, 0.2) is 18.3 Å². The van der Waals surface area contributed by atoms with Crippen LogP contribution in [0.2, 0.25) is 0 Å². The molecule has 0 spiro atoms. The Bertz CT molecular complexity index is 593. The van der Waals surface area contributed by atoms with Crippen molar-refractivity contribution < 1.29 is 15.0 Å². The van der Waals surface area contributed by atoms with Gasteiger partial charge in [-0.3, -0.25) is 4.68 Å². The number of phenolic OH excluding ortho intramolecular Hbond substituents is 1. The standard InChI is InChI=1S/C11H14N4O3/c1-6(14-11(17)18)5-15-10-7(4-13-15)2-3-8(16)9(10)12/h2-4,6,14,16H,5,12H2,1H3,(H,17,18)/t6-/m0/s1. The molecule has 1 aromatic carbocycles. The minimum atomic E-state index is -1.09. The number of nitrogen functional groups attached to an aromatic ring is 1. The number of hydrogen-bond donors (Lipinski definition) is 4. The normalized spacial score (nSPS) is 12.5. The minimum absolute atomic E-state index is 0.0110. The summed E-state index contributed by atoms with van der Waals surface area (Å²) in [6.07, 6.45) is 0.535. The monoisotopic (exact) mass is 250 g/mol. The summed E-state index contributed by atoms with van der Waals surface area (Å²) in [4.78, 5) is 10.5. The molecule has 0 fully saturated rings. The maximum absolute atomic E-state index is 10.5. The molecule has 96 valence electrons. The highest BCUT2D eigenvalue weighted by Gasteiger charge is 2.13. The lowest BCUT2D eigenvalue weighted by molar-refractivity contribution is 0.189. The van der Waals surface area contributed by atoms with Crippen molar-refractivity contribution in [2.45, 2.75) is 19.5 Å². The second-order valence-corrected chi connectivity index (χ2v) is 4.11. The molecule has 0 radical (unpaired) electrons. The first kappa shape index (κ1) is 12.0. The van der Waals surface area contributed by atoms with Gasteiger partial charge in [0.25, 0.3) is 0 Å². The number of nitrogens with two attached hydrogens (primary N) is 1. The Morgan fingerprint density at radius 3 is 3.00 bits per heavy atom. The number of fused-ring (bicyclic) bond motifs is 1. The van der Waals surface area contributed by atoms with Crippen molar-refractivity contribution in [2.75, 3.05) is 5.73 Å². The minimum Gasteiger partial charge on any atom is -0.506 e. The lowest BCUT2D eigenvalue weighted by atomic mass is 10.2. The summed E-state index contributed by atoms with van der Waals surface area (Å²) in [6.45, 7) is 2.06. The number of phenols is 1. The third kappa shape index (κ3) is 2.15. The summed E-state index contributed by atoms with van der Waals surface area (Å²) in [5, 5.41) is 25.5. The Morgan fingerprint density at radius 2 is 2.33 bits per heavy atom. The molecule has 18 heavy (non-hydrogen) atoms. The molecule has 0 aliphatic carbocycles. The average molecular weight is 250 g/mol. The van der Waals surface area contributed by atoms with Gasteiger partial charge in [-0.25, -0.2) is 4.79 Å². The Labute approximate surface area is 103 Å². The second kappa shape index (κ2) is 4.44. The summed E-state index contributed by atoms with van der Waals surface area (Å²) in [6, 6.07) is 2.90. The summed E-state index contributed by atoms with van der Waals surface area (Å²) in [7, 11) is 0. The topological polar surface area (TPSA) is 113 Å². The van der Waals surface area contributed by atoms with E-state index in [2.05, 4.69) is 10.4 Å². The van der Waals surface area contributed by atoms with Crippen LogP contribution in [0, 0.1) is 0 Å². The van der Waals surface area contributed by atoms with Crippen LogP contribution >= 0.6 is 0 Å². The van der Waals surface area contributed by atoms with Crippen molar-refractivity contribution in [3.63, 3.8) is 0 Å². The fraction of sp³-hybridized carbons (Fsp3) is 0.273. The van der Waals surface area contributed by atoms with Crippen molar-refractivity contribution in [3.05, 3.63) is 18.3 Å². The van der Waals surface area contributed by atoms with E-state index in [0.717, 1.165) is 5.39 Å². The first-order valence-electron chi connectivity index (χ1n) is 5.41. The SMILES string of the molecule is C[C@@H](Cn1ncc2ccc(O)c(N)c21)NC(=O)O. The quantitative estimate of drug-likeness (QED) is 0.479. The van der Waals surface area contributed by atoms with E-state index in [0.29, 0.717) is 12.1 Å². The molecule has 0 aliphatic rings. The summed E-state index contributed by atoms with van der Waals surface area (Å²) in [5.74, 6) is -0.0110. The molecule has 1 heterocycles. The highest BCUT2D eigenvalue weighted by molar-refractivity contribution is 5.92. The molecule has 0 unspecified atom stereocenters. The zero-order valence-corrected chi connectivity index (χ0v) is 9.79. The van der Waals surface area contributed by atoms with E-state index in [4.69, 9.17) is 10.8 Å². The van der Waals surface area contributed by atoms with Gasteiger partial charge < -0.3 is 21.3 Å². The Kier molecular flexibility index (Phi) is 2.97. The maximum Gasteiger partial charge on any atom is 0.404 e. The van der Waals surface area contributed by atoms with Gasteiger partial charge in [-0.1, -0.05) is 0 Å². The van der Waals surface area contributed by atoms with Crippen molar-refractivity contribution in [1.82, 2.24) is 15.1 Å². The molecule has 1 atom stereocenters. The van der Waals surface area contributed by atoms with Crippen LogP contribution in [0.5, 0.6) is 5.75 Å². The number of amides is 1. The van der Waals surface area contributed by atoms with E-state index >= 15 is 0 Å². The smallest absolute Gasteiger partial charge is 0.404 e. The number of carbonyl (C=O) groups is 1. The summed E-state index contributed by atoms with van der Waals surface area (Å²) in [5.41, 5.74) is 6.64. The molecule has 0 bridgehead atoms. The fourth-order valence-electron chi connectivity index (χ4n) is 1.85. The second-order valence-electron chi connectivity index (χ2n) is 4.11. The molecular weight excluding hydrogens is 236 g/mol. The Morgan fingerprint density at radius 1 is 1.61 bits per heavy atom. The lowest BCUT2D eigenvalue weighted by Gasteiger charge is -2.13. The van der Waals surface area contributed by atoms with Crippen LogP contribution in [0.4, 0.5) is 10.5 Å². The van der Waals surface area contributed by atoms with Crippen molar-refractivity contribution in [2.24, 2.45) is 0 Å². The Hall–Kier alpha value is -2.44. The number of nitrogens with zero attached hydrogens (tertiary/aromatic N) is 2. The van der Waals surface area contributed by atoms with E-state index in [1.165, 1.54) is 6.07 Å². The van der Waals surface area contributed by atoms with Crippen LogP contribution in [-0.2, 0) is 6.54 Å². The van der Waals surface area contributed by atoms with Gasteiger partial charge in [0.1, 0.15) is 11.4 Å². The molecule has 1 aromatic heterocycles. The number of benzene rings is 1. The van der Waals surface area contributed by atoms with Gasteiger partial charge in [0.15, 0.2) is 0 Å². The number of aromatic nitrogens is 2. The van der Waals surface area contributed by atoms with Gasteiger partial charge in [0.05, 0.1) is 18.3 Å². The number of anilines is 1. The largest absolute Gasteiger partial charge is 0.506 e. The van der Waals surface area contributed by atoms with Gasteiger partial charge in [-0.05, 0) is 19.1 Å². The molecule has 7 nitrogen and oxygen atoms in total. The van der Waals surface area contributed by atoms with Gasteiger partial charge in [-0.15, -0.1) is 0 Å². The third-order valence-corrected chi connectivity index (χ3v) is 2.64. The first-order valence-corrected chi connectivity index (χ1v) is 5.41. The average Bonchev–Trinajstić information content (AvgIpc) is 2.66. The highest BCUT2D eigenvalue weighted by Crippen LogP contribution is 2.29. The molecule has 0 aliphatic heterocycles. The molecule has 0 saturated heterocycles. The van der Waals surface area contributed by atoms with Crippen LogP contribution in [0.25, 0.3) is 10.9 Å². The van der Waals surface area contributed by atoms with E-state index in [-0.39, 0.29) is 17.5 Å². The highest BCUT2D eigenvalue weighted by atomic mass is 16.4. The lowest BCUT2D eigenvalue weighted by Crippen LogP contribution is -2.34. The number of nitrogens with one attached hydrogen (secondary N) is 1. The van der Waals surface area contributed by atoms with Crippen molar-refractivity contribution in [3.8, 4) is 5.75 Å². The third-order valence-electron chi connectivity index (χ3n) is 2.64. The van der Waals surface area contributed by atoms with Crippen molar-refractivity contribution in [1.29, 1.82) is 0 Å². The maximum atomic E-state index is 10.5. The number of aromatic hydroxyl groups is 1. The molecule has 2 rings (SSSR count). The van der Waals surface area contributed by atoms with E-state index in [1.54, 1.807) is 23.9 Å². The van der Waals surface area contributed by atoms with Gasteiger partial charge in [0.2, 0.25) is 0 Å². The molecule has 1 amide bonds.